The van der Waals surface area contributed by atoms with Crippen molar-refractivity contribution in [3.63, 3.8) is 0 Å². The average molecular weight is 527 g/mol. The summed E-state index contributed by atoms with van der Waals surface area (Å²) < 4.78 is 16.2. The summed E-state index contributed by atoms with van der Waals surface area (Å²) in [7, 11) is 4.70. The maximum atomic E-state index is 12.9. The van der Waals surface area contributed by atoms with Crippen molar-refractivity contribution in [1.29, 1.82) is 0 Å². The Labute approximate surface area is 224 Å². The van der Waals surface area contributed by atoms with Crippen molar-refractivity contribution < 1.29 is 24.1 Å². The molecule has 1 N–H and O–H groups in total. The minimum absolute atomic E-state index is 0.0276. The van der Waals surface area contributed by atoms with Crippen LogP contribution in [0.5, 0.6) is 17.2 Å². The topological polar surface area (TPSA) is 71.5 Å². The summed E-state index contributed by atoms with van der Waals surface area (Å²) in [5, 5.41) is 11.8. The normalized spacial score (nSPS) is 19.8. The van der Waals surface area contributed by atoms with Gasteiger partial charge in [0.1, 0.15) is 0 Å². The molecular formula is C29H38N2O5S. The van der Waals surface area contributed by atoms with Gasteiger partial charge >= 0.3 is 0 Å². The molecule has 1 fully saturated rings. The maximum Gasteiger partial charge on any atom is 0.246 e. The molecule has 1 amide bonds. The number of piperazine rings is 1. The molecule has 3 unspecified atom stereocenters. The molecule has 0 spiro atoms. The molecule has 200 valence electrons. The van der Waals surface area contributed by atoms with Gasteiger partial charge in [0.2, 0.25) is 11.7 Å². The van der Waals surface area contributed by atoms with Crippen LogP contribution in [0.2, 0.25) is 0 Å². The molecule has 0 saturated carbocycles. The van der Waals surface area contributed by atoms with Gasteiger partial charge in [0.15, 0.2) is 11.5 Å². The van der Waals surface area contributed by atoms with Gasteiger partial charge in [0.25, 0.3) is 0 Å². The van der Waals surface area contributed by atoms with E-state index in [1.807, 2.05) is 28.8 Å². The molecule has 0 bridgehead atoms. The zero-order valence-corrected chi connectivity index (χ0v) is 23.2. The van der Waals surface area contributed by atoms with Crippen LogP contribution in [0.15, 0.2) is 41.3 Å². The number of aryl methyl sites for hydroxylation is 1. The average Bonchev–Trinajstić information content (AvgIpc) is 2.94. The van der Waals surface area contributed by atoms with Crippen LogP contribution in [0.4, 0.5) is 0 Å². The van der Waals surface area contributed by atoms with Crippen molar-refractivity contribution in [1.82, 2.24) is 9.80 Å². The number of amides is 1. The lowest BCUT2D eigenvalue weighted by atomic mass is 9.97. The summed E-state index contributed by atoms with van der Waals surface area (Å²) in [5.41, 5.74) is 3.12. The highest BCUT2D eigenvalue weighted by molar-refractivity contribution is 8.00. The van der Waals surface area contributed by atoms with Crippen molar-refractivity contribution in [2.45, 2.75) is 49.0 Å². The predicted octanol–water partition coefficient (Wildman–Crippen LogP) is 4.42. The van der Waals surface area contributed by atoms with Crippen LogP contribution in [0.3, 0.4) is 0 Å². The lowest BCUT2D eigenvalue weighted by Gasteiger charge is -2.39. The standard InChI is InChI=1S/C29H38N2O5S/c1-19-6-8-22-18-23(9-10-26(22)37-19)28(33)20(2)30-12-14-31(15-13-30)27(32)11-7-21-16-24(34-3)29(36-5)25(17-21)35-4/h7,9-11,16-20,28,33H,6,8,12-15H2,1-5H3. The van der Waals surface area contributed by atoms with Gasteiger partial charge in [-0.2, -0.15) is 0 Å². The molecule has 8 heteroatoms. The first-order chi connectivity index (χ1) is 17.8. The van der Waals surface area contributed by atoms with Gasteiger partial charge in [-0.15, -0.1) is 11.8 Å². The number of methoxy groups -OCH3 is 3. The largest absolute Gasteiger partial charge is 0.493 e. The molecule has 2 aromatic carbocycles. The molecule has 2 aliphatic heterocycles. The van der Waals surface area contributed by atoms with Gasteiger partial charge in [-0.3, -0.25) is 9.69 Å². The number of fused-ring (bicyclic) bond motifs is 1. The number of aliphatic hydroxyl groups excluding tert-OH is 1. The van der Waals surface area contributed by atoms with E-state index in [0.717, 1.165) is 30.6 Å². The van der Waals surface area contributed by atoms with Crippen LogP contribution in [-0.4, -0.2) is 79.6 Å². The Balaban J connectivity index is 1.34. The number of hydrogen-bond donors (Lipinski definition) is 1. The Morgan fingerprint density at radius 1 is 1.05 bits per heavy atom. The fourth-order valence-electron chi connectivity index (χ4n) is 5.03. The van der Waals surface area contributed by atoms with Crippen molar-refractivity contribution in [3.8, 4) is 17.2 Å². The van der Waals surface area contributed by atoms with E-state index in [2.05, 4.69) is 36.9 Å². The van der Waals surface area contributed by atoms with E-state index in [-0.39, 0.29) is 11.9 Å². The van der Waals surface area contributed by atoms with E-state index < -0.39 is 6.10 Å². The number of nitrogens with zero attached hydrogens (tertiary/aromatic N) is 2. The van der Waals surface area contributed by atoms with Gasteiger partial charge in [-0.05, 0) is 60.7 Å². The lowest BCUT2D eigenvalue weighted by molar-refractivity contribution is -0.128. The minimum Gasteiger partial charge on any atom is -0.493 e. The zero-order chi connectivity index (χ0) is 26.5. The second kappa shape index (κ2) is 12.2. The molecule has 3 atom stereocenters. The van der Waals surface area contributed by atoms with Crippen LogP contribution in [-0.2, 0) is 11.2 Å². The van der Waals surface area contributed by atoms with E-state index in [1.54, 1.807) is 33.5 Å². The number of thioether (sulfide) groups is 1. The Kier molecular flexibility index (Phi) is 9.05. The molecule has 7 nitrogen and oxygen atoms in total. The molecule has 4 rings (SSSR count). The fourth-order valence-corrected chi connectivity index (χ4v) is 6.15. The molecule has 0 radical (unpaired) electrons. The number of ether oxygens (including phenoxy) is 3. The Morgan fingerprint density at radius 3 is 2.35 bits per heavy atom. The Morgan fingerprint density at radius 2 is 1.73 bits per heavy atom. The highest BCUT2D eigenvalue weighted by atomic mass is 32.2. The third kappa shape index (κ3) is 6.25. The van der Waals surface area contributed by atoms with Crippen LogP contribution >= 0.6 is 11.8 Å². The number of aliphatic hydroxyl groups is 1. The molecule has 2 aliphatic rings. The third-order valence-corrected chi connectivity index (χ3v) is 8.63. The highest BCUT2D eigenvalue weighted by Gasteiger charge is 2.28. The van der Waals surface area contributed by atoms with Crippen LogP contribution in [0, 0.1) is 0 Å². The number of carbonyl (C=O) groups is 1. The first-order valence-corrected chi connectivity index (χ1v) is 13.7. The number of rotatable bonds is 8. The number of benzene rings is 2. The van der Waals surface area contributed by atoms with Crippen molar-refractivity contribution in [2.75, 3.05) is 47.5 Å². The molecule has 2 heterocycles. The van der Waals surface area contributed by atoms with Crippen LogP contribution in [0.1, 0.15) is 43.1 Å². The third-order valence-electron chi connectivity index (χ3n) is 7.34. The first kappa shape index (κ1) is 27.4. The molecule has 37 heavy (non-hydrogen) atoms. The Hall–Kier alpha value is -2.68. The van der Waals surface area contributed by atoms with Gasteiger partial charge in [-0.1, -0.05) is 19.1 Å². The van der Waals surface area contributed by atoms with Gasteiger partial charge in [0.05, 0.1) is 27.4 Å². The Bertz CT molecular complexity index is 1100. The first-order valence-electron chi connectivity index (χ1n) is 12.8. The summed E-state index contributed by atoms with van der Waals surface area (Å²) in [5.74, 6) is 1.57. The number of hydrogen-bond acceptors (Lipinski definition) is 7. The van der Waals surface area contributed by atoms with E-state index >= 15 is 0 Å². The van der Waals surface area contributed by atoms with Crippen molar-refractivity contribution in [2.24, 2.45) is 0 Å². The van der Waals surface area contributed by atoms with E-state index in [9.17, 15) is 9.90 Å². The lowest BCUT2D eigenvalue weighted by Crippen LogP contribution is -2.52. The summed E-state index contributed by atoms with van der Waals surface area (Å²) in [6.07, 6.45) is 5.04. The molecule has 2 aromatic rings. The quantitative estimate of drug-likeness (QED) is 0.511. The zero-order valence-electron chi connectivity index (χ0n) is 22.4. The van der Waals surface area contributed by atoms with Crippen LogP contribution < -0.4 is 14.2 Å². The van der Waals surface area contributed by atoms with Crippen molar-refractivity contribution >= 4 is 23.7 Å². The molecule has 1 saturated heterocycles. The molecule has 0 aliphatic carbocycles. The van der Waals surface area contributed by atoms with Crippen molar-refractivity contribution in [3.05, 3.63) is 53.1 Å². The number of carbonyl (C=O) groups excluding carboxylic acids is 1. The molecular weight excluding hydrogens is 488 g/mol. The van der Waals surface area contributed by atoms with E-state index in [4.69, 9.17) is 14.2 Å². The van der Waals surface area contributed by atoms with Crippen LogP contribution in [0.25, 0.3) is 6.08 Å². The summed E-state index contributed by atoms with van der Waals surface area (Å²) >= 11 is 1.93. The fraction of sp³-hybridized carbons (Fsp3) is 0.483. The highest BCUT2D eigenvalue weighted by Crippen LogP contribution is 2.39. The maximum absolute atomic E-state index is 12.9. The second-order valence-corrected chi connectivity index (χ2v) is 11.2. The van der Waals surface area contributed by atoms with Gasteiger partial charge in [-0.25, -0.2) is 0 Å². The summed E-state index contributed by atoms with van der Waals surface area (Å²) in [6, 6.07) is 10.0. The second-order valence-electron chi connectivity index (χ2n) is 9.67. The van der Waals surface area contributed by atoms with Gasteiger partial charge < -0.3 is 24.2 Å². The van der Waals surface area contributed by atoms with E-state index in [0.29, 0.717) is 35.6 Å². The van der Waals surface area contributed by atoms with E-state index in [1.165, 1.54) is 16.9 Å². The minimum atomic E-state index is -0.558. The SMILES string of the molecule is COc1cc(C=CC(=O)N2CCN(C(C)C(O)c3ccc4c(c3)CCC(C)S4)CC2)cc(OC)c1OC. The summed E-state index contributed by atoms with van der Waals surface area (Å²) in [4.78, 5) is 18.3. The predicted molar refractivity (Wildman–Crippen MR) is 148 cm³/mol. The smallest absolute Gasteiger partial charge is 0.246 e. The van der Waals surface area contributed by atoms with Gasteiger partial charge in [0, 0.05) is 48.4 Å². The monoisotopic (exact) mass is 526 g/mol. The summed E-state index contributed by atoms with van der Waals surface area (Å²) in [6.45, 7) is 7.03. The molecule has 0 aromatic heterocycles.